The molecule has 0 saturated carbocycles. The van der Waals surface area contributed by atoms with Crippen LogP contribution < -0.4 is 19.5 Å². The number of amides is 1. The van der Waals surface area contributed by atoms with Crippen LogP contribution in [0.4, 0.5) is 0 Å². The summed E-state index contributed by atoms with van der Waals surface area (Å²) in [5.41, 5.74) is 1.13. The van der Waals surface area contributed by atoms with Gasteiger partial charge in [-0.05, 0) is 0 Å². The van der Waals surface area contributed by atoms with Crippen molar-refractivity contribution in [2.45, 2.75) is 19.3 Å². The minimum absolute atomic E-state index is 0.164. The molecule has 0 aromatic heterocycles. The van der Waals surface area contributed by atoms with Gasteiger partial charge in [-0.3, -0.25) is 4.79 Å². The molecule has 0 saturated heterocycles. The summed E-state index contributed by atoms with van der Waals surface area (Å²) in [6.45, 7) is 4.67. The highest BCUT2D eigenvalue weighted by Gasteiger charge is 2.38. The van der Waals surface area contributed by atoms with Crippen LogP contribution >= 0.6 is 0 Å². The third kappa shape index (κ3) is 1.99. The molecule has 1 aliphatic rings. The Bertz CT molecular complexity index is 523. The van der Waals surface area contributed by atoms with Gasteiger partial charge in [0.1, 0.15) is 5.75 Å². The van der Waals surface area contributed by atoms with Crippen molar-refractivity contribution in [1.29, 1.82) is 0 Å². The van der Waals surface area contributed by atoms with Gasteiger partial charge in [-0.25, -0.2) is 0 Å². The largest absolute Gasteiger partial charge is 0.496 e. The molecule has 1 aromatic rings. The summed E-state index contributed by atoms with van der Waals surface area (Å²) in [7, 11) is 4.65. The average molecular weight is 265 g/mol. The van der Waals surface area contributed by atoms with Crippen LogP contribution in [0.1, 0.15) is 29.8 Å². The van der Waals surface area contributed by atoms with Crippen molar-refractivity contribution in [2.24, 2.45) is 0 Å². The first-order chi connectivity index (χ1) is 8.96. The fourth-order valence-corrected chi connectivity index (χ4v) is 2.50. The Morgan fingerprint density at radius 3 is 2.26 bits per heavy atom. The van der Waals surface area contributed by atoms with Gasteiger partial charge in [-0.2, -0.15) is 0 Å². The number of hydrogen-bond donors (Lipinski definition) is 1. The third-order valence-corrected chi connectivity index (χ3v) is 3.45. The average Bonchev–Trinajstić information content (AvgIpc) is 2.40. The van der Waals surface area contributed by atoms with Crippen LogP contribution in [0.5, 0.6) is 17.2 Å². The van der Waals surface area contributed by atoms with Crippen LogP contribution in [0.3, 0.4) is 0 Å². The SMILES string of the molecule is COc1cc(OC)c2c(c1OC)C(=O)NCC2(C)C. The van der Waals surface area contributed by atoms with Crippen LogP contribution in [0, 0.1) is 0 Å². The van der Waals surface area contributed by atoms with Crippen LogP contribution in [-0.4, -0.2) is 33.8 Å². The van der Waals surface area contributed by atoms with Gasteiger partial charge in [0.05, 0.1) is 26.9 Å². The molecular weight excluding hydrogens is 246 g/mol. The van der Waals surface area contributed by atoms with Gasteiger partial charge in [0.25, 0.3) is 5.91 Å². The molecule has 0 atom stereocenters. The zero-order chi connectivity index (χ0) is 14.2. The summed E-state index contributed by atoms with van der Waals surface area (Å²) in [6, 6.07) is 1.76. The predicted octanol–water partition coefficient (Wildman–Crippen LogP) is 1.73. The Morgan fingerprint density at radius 1 is 1.11 bits per heavy atom. The van der Waals surface area contributed by atoms with E-state index in [9.17, 15) is 4.79 Å². The molecule has 5 nitrogen and oxygen atoms in total. The summed E-state index contributed by atoms with van der Waals surface area (Å²) < 4.78 is 16.1. The maximum absolute atomic E-state index is 12.2. The summed E-state index contributed by atoms with van der Waals surface area (Å²) in [6.07, 6.45) is 0. The molecule has 0 fully saturated rings. The maximum Gasteiger partial charge on any atom is 0.255 e. The zero-order valence-corrected chi connectivity index (χ0v) is 11.9. The number of rotatable bonds is 3. The van der Waals surface area contributed by atoms with Crippen LogP contribution in [0.25, 0.3) is 0 Å². The van der Waals surface area contributed by atoms with E-state index in [0.717, 1.165) is 5.56 Å². The molecule has 0 radical (unpaired) electrons. The molecule has 0 bridgehead atoms. The van der Waals surface area contributed by atoms with Gasteiger partial charge in [-0.15, -0.1) is 0 Å². The molecule has 104 valence electrons. The lowest BCUT2D eigenvalue weighted by molar-refractivity contribution is 0.0923. The number of fused-ring (bicyclic) bond motifs is 1. The highest BCUT2D eigenvalue weighted by Crippen LogP contribution is 2.46. The molecule has 0 unspecified atom stereocenters. The van der Waals surface area contributed by atoms with E-state index in [-0.39, 0.29) is 11.3 Å². The summed E-state index contributed by atoms with van der Waals surface area (Å²) >= 11 is 0. The van der Waals surface area contributed by atoms with Crippen molar-refractivity contribution < 1.29 is 19.0 Å². The second-order valence-corrected chi connectivity index (χ2v) is 5.13. The molecule has 0 aliphatic carbocycles. The van der Waals surface area contributed by atoms with E-state index < -0.39 is 0 Å². The molecular formula is C14H19NO4. The molecule has 1 aromatic carbocycles. The number of nitrogens with one attached hydrogen (secondary N) is 1. The van der Waals surface area contributed by atoms with E-state index in [2.05, 4.69) is 19.2 Å². The maximum atomic E-state index is 12.2. The van der Waals surface area contributed by atoms with Gasteiger partial charge in [0.2, 0.25) is 0 Å². The standard InChI is InChI=1S/C14H19NO4/c1-14(2)7-15-13(16)10-11(14)8(17-3)6-9(18-4)12(10)19-5/h6H,7H2,1-5H3,(H,15,16). The Morgan fingerprint density at radius 2 is 1.74 bits per heavy atom. The first-order valence-electron chi connectivity index (χ1n) is 6.08. The van der Waals surface area contributed by atoms with E-state index in [1.165, 1.54) is 14.2 Å². The third-order valence-electron chi connectivity index (χ3n) is 3.45. The number of hydrogen-bond acceptors (Lipinski definition) is 4. The lowest BCUT2D eigenvalue weighted by atomic mass is 9.77. The van der Waals surface area contributed by atoms with Crippen molar-refractivity contribution in [3.05, 3.63) is 17.2 Å². The molecule has 1 heterocycles. The van der Waals surface area contributed by atoms with Gasteiger partial charge in [0.15, 0.2) is 11.5 Å². The Kier molecular flexibility index (Phi) is 3.30. The molecule has 19 heavy (non-hydrogen) atoms. The van der Waals surface area contributed by atoms with Gasteiger partial charge < -0.3 is 19.5 Å². The van der Waals surface area contributed by atoms with E-state index in [4.69, 9.17) is 14.2 Å². The molecule has 1 amide bonds. The normalized spacial score (nSPS) is 16.4. The first-order valence-corrected chi connectivity index (χ1v) is 6.08. The van der Waals surface area contributed by atoms with Gasteiger partial charge in [-0.1, -0.05) is 13.8 Å². The monoisotopic (exact) mass is 265 g/mol. The summed E-state index contributed by atoms with van der Waals surface area (Å²) in [5.74, 6) is 1.42. The lowest BCUT2D eigenvalue weighted by Crippen LogP contribution is -2.43. The molecule has 1 N–H and O–H groups in total. The zero-order valence-electron chi connectivity index (χ0n) is 11.9. The number of methoxy groups -OCH3 is 3. The molecule has 2 rings (SSSR count). The summed E-state index contributed by atoms with van der Waals surface area (Å²) in [5, 5.41) is 2.88. The fourth-order valence-electron chi connectivity index (χ4n) is 2.50. The van der Waals surface area contributed by atoms with E-state index in [1.807, 2.05) is 0 Å². The topological polar surface area (TPSA) is 56.8 Å². The van der Waals surface area contributed by atoms with Gasteiger partial charge in [0, 0.05) is 23.6 Å². The second kappa shape index (κ2) is 4.64. The summed E-state index contributed by atoms with van der Waals surface area (Å²) in [4.78, 5) is 12.2. The van der Waals surface area contributed by atoms with Crippen molar-refractivity contribution in [3.8, 4) is 17.2 Å². The highest BCUT2D eigenvalue weighted by molar-refractivity contribution is 6.02. The van der Waals surface area contributed by atoms with Crippen LogP contribution in [-0.2, 0) is 5.41 Å². The fraction of sp³-hybridized carbons (Fsp3) is 0.500. The molecule has 0 spiro atoms. The van der Waals surface area contributed by atoms with Crippen LogP contribution in [0.2, 0.25) is 0 Å². The lowest BCUT2D eigenvalue weighted by Gasteiger charge is -2.34. The minimum atomic E-state index is -0.228. The van der Waals surface area contributed by atoms with Crippen molar-refractivity contribution >= 4 is 5.91 Å². The van der Waals surface area contributed by atoms with Gasteiger partial charge >= 0.3 is 0 Å². The number of benzene rings is 1. The number of carbonyl (C=O) groups excluding carboxylic acids is 1. The molecule has 5 heteroatoms. The highest BCUT2D eigenvalue weighted by atomic mass is 16.5. The van der Waals surface area contributed by atoms with E-state index in [1.54, 1.807) is 13.2 Å². The van der Waals surface area contributed by atoms with Crippen molar-refractivity contribution in [2.75, 3.05) is 27.9 Å². The Hall–Kier alpha value is -1.91. The number of ether oxygens (including phenoxy) is 3. The van der Waals surface area contributed by atoms with Crippen molar-refractivity contribution in [3.63, 3.8) is 0 Å². The predicted molar refractivity (Wildman–Crippen MR) is 71.5 cm³/mol. The van der Waals surface area contributed by atoms with Crippen molar-refractivity contribution in [1.82, 2.24) is 5.32 Å². The molecule has 1 aliphatic heterocycles. The Labute approximate surface area is 112 Å². The van der Waals surface area contributed by atoms with E-state index in [0.29, 0.717) is 29.4 Å². The first kappa shape index (κ1) is 13.5. The number of carbonyl (C=O) groups is 1. The minimum Gasteiger partial charge on any atom is -0.496 e. The second-order valence-electron chi connectivity index (χ2n) is 5.13. The Balaban J connectivity index is 2.83. The van der Waals surface area contributed by atoms with E-state index >= 15 is 0 Å². The quantitative estimate of drug-likeness (QED) is 0.904. The van der Waals surface area contributed by atoms with Crippen LogP contribution in [0.15, 0.2) is 6.07 Å². The smallest absolute Gasteiger partial charge is 0.255 e.